The molecule has 1 aromatic carbocycles. The van der Waals surface area contributed by atoms with Gasteiger partial charge in [0, 0.05) is 25.4 Å². The molecule has 1 aromatic heterocycles. The van der Waals surface area contributed by atoms with Crippen molar-refractivity contribution in [3.8, 4) is 11.5 Å². The van der Waals surface area contributed by atoms with Crippen LogP contribution < -0.4 is 10.1 Å². The predicted octanol–water partition coefficient (Wildman–Crippen LogP) is 3.36. The van der Waals surface area contributed by atoms with Gasteiger partial charge in [-0.3, -0.25) is 0 Å². The highest BCUT2D eigenvalue weighted by atomic mass is 19.1. The van der Waals surface area contributed by atoms with E-state index in [2.05, 4.69) is 10.3 Å². The van der Waals surface area contributed by atoms with E-state index in [-0.39, 0.29) is 5.82 Å². The van der Waals surface area contributed by atoms with E-state index in [9.17, 15) is 4.39 Å². The van der Waals surface area contributed by atoms with Crippen LogP contribution in [-0.4, -0.2) is 12.0 Å². The molecule has 0 spiro atoms. The number of anilines is 1. The molecule has 0 radical (unpaired) electrons. The standard InChI is InChI=1S/C13H13FN2O/c1-9-3-4-10(7-12(9)14)17-11-5-6-16-13(8-11)15-2/h3-8H,1-2H3,(H,15,16). The van der Waals surface area contributed by atoms with E-state index in [4.69, 9.17) is 4.74 Å². The number of aryl methyl sites for hydroxylation is 1. The summed E-state index contributed by atoms with van der Waals surface area (Å²) in [7, 11) is 1.78. The second-order valence-electron chi connectivity index (χ2n) is 3.64. The number of ether oxygens (including phenoxy) is 1. The minimum atomic E-state index is -0.273. The number of rotatable bonds is 3. The second-order valence-corrected chi connectivity index (χ2v) is 3.64. The Bertz CT molecular complexity index is 529. The molecule has 0 amide bonds. The van der Waals surface area contributed by atoms with Gasteiger partial charge in [0.2, 0.25) is 0 Å². The van der Waals surface area contributed by atoms with E-state index in [1.165, 1.54) is 6.07 Å². The lowest BCUT2D eigenvalue weighted by molar-refractivity contribution is 0.475. The van der Waals surface area contributed by atoms with Crippen molar-refractivity contribution in [2.24, 2.45) is 0 Å². The van der Waals surface area contributed by atoms with Gasteiger partial charge in [-0.05, 0) is 24.6 Å². The molecule has 3 nitrogen and oxygen atoms in total. The van der Waals surface area contributed by atoms with Crippen molar-refractivity contribution in [1.29, 1.82) is 0 Å². The third kappa shape index (κ3) is 2.72. The second kappa shape index (κ2) is 4.82. The summed E-state index contributed by atoms with van der Waals surface area (Å²) in [6.45, 7) is 1.71. The highest BCUT2D eigenvalue weighted by Gasteiger charge is 2.02. The molecule has 4 heteroatoms. The average Bonchev–Trinajstić information content (AvgIpc) is 2.34. The van der Waals surface area contributed by atoms with E-state index in [0.29, 0.717) is 22.9 Å². The van der Waals surface area contributed by atoms with E-state index in [1.807, 2.05) is 0 Å². The van der Waals surface area contributed by atoms with Crippen molar-refractivity contribution in [3.05, 3.63) is 47.9 Å². The fourth-order valence-electron chi connectivity index (χ4n) is 1.38. The number of benzene rings is 1. The topological polar surface area (TPSA) is 34.1 Å². The van der Waals surface area contributed by atoms with Gasteiger partial charge in [0.05, 0.1) is 0 Å². The molecular weight excluding hydrogens is 219 g/mol. The molecule has 0 atom stereocenters. The first-order valence-corrected chi connectivity index (χ1v) is 5.27. The molecule has 0 fully saturated rings. The van der Waals surface area contributed by atoms with Gasteiger partial charge >= 0.3 is 0 Å². The lowest BCUT2D eigenvalue weighted by Gasteiger charge is -2.07. The lowest BCUT2D eigenvalue weighted by Crippen LogP contribution is -1.93. The van der Waals surface area contributed by atoms with Crippen LogP contribution in [0.15, 0.2) is 36.5 Å². The first kappa shape index (κ1) is 11.4. The largest absolute Gasteiger partial charge is 0.457 e. The van der Waals surface area contributed by atoms with Crippen LogP contribution in [0.3, 0.4) is 0 Å². The van der Waals surface area contributed by atoms with Crippen LogP contribution in [0.25, 0.3) is 0 Å². The Balaban J connectivity index is 2.22. The van der Waals surface area contributed by atoms with Crippen molar-refractivity contribution >= 4 is 5.82 Å². The molecule has 88 valence electrons. The number of hydrogen-bond acceptors (Lipinski definition) is 3. The summed E-state index contributed by atoms with van der Waals surface area (Å²) in [4.78, 5) is 4.07. The molecule has 0 aliphatic carbocycles. The third-order valence-corrected chi connectivity index (χ3v) is 2.37. The molecule has 17 heavy (non-hydrogen) atoms. The summed E-state index contributed by atoms with van der Waals surface area (Å²) in [6, 6.07) is 8.26. The zero-order valence-corrected chi connectivity index (χ0v) is 9.70. The predicted molar refractivity (Wildman–Crippen MR) is 65.0 cm³/mol. The fraction of sp³-hybridized carbons (Fsp3) is 0.154. The van der Waals surface area contributed by atoms with Gasteiger partial charge in [-0.15, -0.1) is 0 Å². The third-order valence-electron chi connectivity index (χ3n) is 2.37. The Labute approximate surface area is 99.3 Å². The Morgan fingerprint density at radius 2 is 1.94 bits per heavy atom. The molecule has 0 unspecified atom stereocenters. The highest BCUT2D eigenvalue weighted by molar-refractivity contribution is 5.42. The van der Waals surface area contributed by atoms with Crippen LogP contribution in [0.1, 0.15) is 5.56 Å². The maximum Gasteiger partial charge on any atom is 0.132 e. The van der Waals surface area contributed by atoms with Crippen LogP contribution in [0.4, 0.5) is 10.2 Å². The number of nitrogens with zero attached hydrogens (tertiary/aromatic N) is 1. The summed E-state index contributed by atoms with van der Waals surface area (Å²) < 4.78 is 18.9. The van der Waals surface area contributed by atoms with Crippen LogP contribution in [0.5, 0.6) is 11.5 Å². The Morgan fingerprint density at radius 3 is 2.65 bits per heavy atom. The first-order chi connectivity index (χ1) is 8.19. The van der Waals surface area contributed by atoms with Crippen molar-refractivity contribution < 1.29 is 9.13 Å². The average molecular weight is 232 g/mol. The van der Waals surface area contributed by atoms with Crippen LogP contribution in [-0.2, 0) is 0 Å². The molecule has 2 rings (SSSR count). The maximum atomic E-state index is 13.3. The van der Waals surface area contributed by atoms with Gasteiger partial charge < -0.3 is 10.1 Å². The number of hydrogen-bond donors (Lipinski definition) is 1. The van der Waals surface area contributed by atoms with Gasteiger partial charge in [-0.25, -0.2) is 9.37 Å². The minimum Gasteiger partial charge on any atom is -0.457 e. The zero-order valence-electron chi connectivity index (χ0n) is 9.70. The number of halogens is 1. The number of aromatic nitrogens is 1. The van der Waals surface area contributed by atoms with E-state index in [0.717, 1.165) is 0 Å². The summed E-state index contributed by atoms with van der Waals surface area (Å²) in [6.07, 6.45) is 1.63. The van der Waals surface area contributed by atoms with Crippen LogP contribution >= 0.6 is 0 Å². The first-order valence-electron chi connectivity index (χ1n) is 5.27. The number of pyridine rings is 1. The Hall–Kier alpha value is -2.10. The van der Waals surface area contributed by atoms with E-state index in [1.54, 1.807) is 44.4 Å². The molecule has 1 heterocycles. The molecular formula is C13H13FN2O. The smallest absolute Gasteiger partial charge is 0.132 e. The molecule has 2 aromatic rings. The Kier molecular flexibility index (Phi) is 3.23. The molecule has 0 saturated heterocycles. The van der Waals surface area contributed by atoms with Crippen molar-refractivity contribution in [2.45, 2.75) is 6.92 Å². The van der Waals surface area contributed by atoms with Gasteiger partial charge in [0.25, 0.3) is 0 Å². The van der Waals surface area contributed by atoms with Gasteiger partial charge in [-0.1, -0.05) is 6.07 Å². The van der Waals surface area contributed by atoms with Crippen molar-refractivity contribution in [2.75, 3.05) is 12.4 Å². The summed E-state index contributed by atoms with van der Waals surface area (Å²) in [5, 5.41) is 2.91. The molecule has 0 bridgehead atoms. The minimum absolute atomic E-state index is 0.273. The van der Waals surface area contributed by atoms with Gasteiger partial charge in [0.15, 0.2) is 0 Å². The van der Waals surface area contributed by atoms with Crippen molar-refractivity contribution in [1.82, 2.24) is 4.98 Å². The van der Waals surface area contributed by atoms with Gasteiger partial charge in [0.1, 0.15) is 23.1 Å². The van der Waals surface area contributed by atoms with E-state index < -0.39 is 0 Å². The monoisotopic (exact) mass is 232 g/mol. The van der Waals surface area contributed by atoms with Crippen LogP contribution in [0.2, 0.25) is 0 Å². The maximum absolute atomic E-state index is 13.3. The Morgan fingerprint density at radius 1 is 1.18 bits per heavy atom. The molecule has 0 saturated carbocycles. The molecule has 1 N–H and O–H groups in total. The lowest BCUT2D eigenvalue weighted by atomic mass is 10.2. The molecule has 0 aliphatic heterocycles. The summed E-state index contributed by atoms with van der Waals surface area (Å²) >= 11 is 0. The quantitative estimate of drug-likeness (QED) is 0.881. The highest BCUT2D eigenvalue weighted by Crippen LogP contribution is 2.24. The normalized spacial score (nSPS) is 10.1. The van der Waals surface area contributed by atoms with E-state index >= 15 is 0 Å². The van der Waals surface area contributed by atoms with Crippen LogP contribution in [0, 0.1) is 12.7 Å². The van der Waals surface area contributed by atoms with Crippen molar-refractivity contribution in [3.63, 3.8) is 0 Å². The molecule has 0 aliphatic rings. The number of nitrogens with one attached hydrogen (secondary N) is 1. The van der Waals surface area contributed by atoms with Gasteiger partial charge in [-0.2, -0.15) is 0 Å². The SMILES string of the molecule is CNc1cc(Oc2ccc(C)c(F)c2)ccn1. The fourth-order valence-corrected chi connectivity index (χ4v) is 1.38. The summed E-state index contributed by atoms with van der Waals surface area (Å²) in [5.74, 6) is 1.52. The zero-order chi connectivity index (χ0) is 12.3. The summed E-state index contributed by atoms with van der Waals surface area (Å²) in [5.41, 5.74) is 0.600.